The van der Waals surface area contributed by atoms with Crippen LogP contribution in [0.15, 0.2) is 12.4 Å². The normalized spacial score (nSPS) is 24.9. The third kappa shape index (κ3) is 3.07. The Morgan fingerprint density at radius 3 is 2.88 bits per heavy atom. The third-order valence-electron chi connectivity index (χ3n) is 3.49. The number of nitrogens with two attached hydrogens (primary N) is 1. The fraction of sp³-hybridized carbons (Fsp3) is 0.727. The summed E-state index contributed by atoms with van der Waals surface area (Å²) in [4.78, 5) is 0. The van der Waals surface area contributed by atoms with E-state index in [1.54, 1.807) is 4.68 Å². The molecule has 2 N–H and O–H groups in total. The van der Waals surface area contributed by atoms with E-state index in [0.29, 0.717) is 18.1 Å². The molecular weight excluding hydrogens is 238 g/mol. The van der Waals surface area contributed by atoms with Gasteiger partial charge >= 0.3 is 0 Å². The van der Waals surface area contributed by atoms with Gasteiger partial charge in [0.05, 0.1) is 17.7 Å². The molecule has 0 aliphatic carbocycles. The summed E-state index contributed by atoms with van der Waals surface area (Å²) in [6.07, 6.45) is 5.37. The average molecular weight is 257 g/mol. The maximum absolute atomic E-state index is 11.5. The Morgan fingerprint density at radius 1 is 1.65 bits per heavy atom. The van der Waals surface area contributed by atoms with Gasteiger partial charge in [0, 0.05) is 13.2 Å². The molecule has 2 heterocycles. The number of aromatic nitrogens is 2. The van der Waals surface area contributed by atoms with Crippen molar-refractivity contribution in [2.75, 3.05) is 18.1 Å². The fourth-order valence-electron chi connectivity index (χ4n) is 2.52. The van der Waals surface area contributed by atoms with Crippen LogP contribution >= 0.6 is 0 Å². The molecule has 0 bridgehead atoms. The summed E-state index contributed by atoms with van der Waals surface area (Å²) in [6.45, 7) is 0.537. The number of rotatable bonds is 4. The molecule has 2 atom stereocenters. The third-order valence-corrected chi connectivity index (χ3v) is 5.29. The molecule has 0 saturated carbocycles. The topological polar surface area (TPSA) is 78.0 Å². The van der Waals surface area contributed by atoms with Gasteiger partial charge in [-0.25, -0.2) is 8.42 Å². The van der Waals surface area contributed by atoms with Crippen molar-refractivity contribution in [3.63, 3.8) is 0 Å². The zero-order chi connectivity index (χ0) is 12.5. The lowest BCUT2D eigenvalue weighted by atomic mass is 9.87. The first-order chi connectivity index (χ1) is 8.00. The highest BCUT2D eigenvalue weighted by atomic mass is 32.2. The maximum Gasteiger partial charge on any atom is 0.150 e. The van der Waals surface area contributed by atoms with Crippen molar-refractivity contribution in [2.45, 2.75) is 12.8 Å². The van der Waals surface area contributed by atoms with Crippen molar-refractivity contribution in [2.24, 2.45) is 24.6 Å². The van der Waals surface area contributed by atoms with Crippen LogP contribution in [-0.4, -0.2) is 36.2 Å². The van der Waals surface area contributed by atoms with Crippen LogP contribution in [0.4, 0.5) is 0 Å². The summed E-state index contributed by atoms with van der Waals surface area (Å²) in [7, 11) is -0.938. The second-order valence-corrected chi connectivity index (χ2v) is 7.11. The molecule has 0 radical (unpaired) electrons. The van der Waals surface area contributed by atoms with Gasteiger partial charge in [-0.05, 0) is 36.8 Å². The summed E-state index contributed by atoms with van der Waals surface area (Å²) in [5, 5.41) is 4.12. The van der Waals surface area contributed by atoms with E-state index in [0.717, 1.165) is 18.4 Å². The fourth-order valence-corrected chi connectivity index (χ4v) is 4.44. The van der Waals surface area contributed by atoms with Gasteiger partial charge in [0.1, 0.15) is 0 Å². The van der Waals surface area contributed by atoms with Gasteiger partial charge < -0.3 is 5.73 Å². The van der Waals surface area contributed by atoms with Gasteiger partial charge in [-0.2, -0.15) is 5.10 Å². The Hall–Kier alpha value is -0.880. The Labute approximate surface area is 102 Å². The highest BCUT2D eigenvalue weighted by Gasteiger charge is 2.33. The van der Waals surface area contributed by atoms with Gasteiger partial charge in [-0.3, -0.25) is 4.68 Å². The highest BCUT2D eigenvalue weighted by Crippen LogP contribution is 2.27. The van der Waals surface area contributed by atoms with Gasteiger partial charge in [0.15, 0.2) is 9.84 Å². The van der Waals surface area contributed by atoms with Gasteiger partial charge in [-0.1, -0.05) is 0 Å². The number of sulfone groups is 1. The van der Waals surface area contributed by atoms with E-state index in [1.165, 1.54) is 0 Å². The van der Waals surface area contributed by atoms with Crippen molar-refractivity contribution in [3.05, 3.63) is 18.0 Å². The lowest BCUT2D eigenvalue weighted by Gasteiger charge is -2.19. The van der Waals surface area contributed by atoms with Gasteiger partial charge in [0.25, 0.3) is 0 Å². The molecule has 2 rings (SSSR count). The average Bonchev–Trinajstić information content (AvgIpc) is 2.81. The van der Waals surface area contributed by atoms with Crippen molar-refractivity contribution in [1.82, 2.24) is 9.78 Å². The van der Waals surface area contributed by atoms with Crippen molar-refractivity contribution in [1.29, 1.82) is 0 Å². The largest absolute Gasteiger partial charge is 0.330 e. The van der Waals surface area contributed by atoms with Crippen LogP contribution in [0.2, 0.25) is 0 Å². The minimum Gasteiger partial charge on any atom is -0.330 e. The predicted molar refractivity (Wildman–Crippen MR) is 66.2 cm³/mol. The Morgan fingerprint density at radius 2 is 2.41 bits per heavy atom. The quantitative estimate of drug-likeness (QED) is 0.822. The minimum atomic E-state index is -2.81. The monoisotopic (exact) mass is 257 g/mol. The van der Waals surface area contributed by atoms with E-state index in [-0.39, 0.29) is 11.8 Å². The first kappa shape index (κ1) is 12.6. The molecule has 6 heteroatoms. The Balaban J connectivity index is 2.02. The molecule has 1 aliphatic heterocycles. The second-order valence-electron chi connectivity index (χ2n) is 4.89. The molecule has 1 saturated heterocycles. The molecule has 1 aromatic heterocycles. The van der Waals surface area contributed by atoms with Crippen molar-refractivity contribution < 1.29 is 8.42 Å². The van der Waals surface area contributed by atoms with E-state index in [9.17, 15) is 8.42 Å². The lowest BCUT2D eigenvalue weighted by Crippen LogP contribution is -2.26. The van der Waals surface area contributed by atoms with Crippen LogP contribution < -0.4 is 5.73 Å². The standard InChI is InChI=1S/C11H19N3O2S/c1-14-7-9(6-13-14)4-11(5-12)10-2-3-17(15,16)8-10/h6-7,10-11H,2-5,8,12H2,1H3. The van der Waals surface area contributed by atoms with Crippen molar-refractivity contribution in [3.8, 4) is 0 Å². The molecule has 1 aliphatic rings. The van der Waals surface area contributed by atoms with Gasteiger partial charge in [0.2, 0.25) is 0 Å². The molecule has 96 valence electrons. The Kier molecular flexibility index (Phi) is 3.53. The van der Waals surface area contributed by atoms with Crippen LogP contribution in [0.25, 0.3) is 0 Å². The van der Waals surface area contributed by atoms with Crippen LogP contribution in [-0.2, 0) is 23.3 Å². The Bertz CT molecular complexity index is 481. The van der Waals surface area contributed by atoms with Crippen LogP contribution in [0.3, 0.4) is 0 Å². The van der Waals surface area contributed by atoms with E-state index in [2.05, 4.69) is 5.10 Å². The summed E-state index contributed by atoms with van der Waals surface area (Å²) in [6, 6.07) is 0. The molecule has 5 nitrogen and oxygen atoms in total. The smallest absolute Gasteiger partial charge is 0.150 e. The maximum atomic E-state index is 11.5. The molecule has 0 amide bonds. The van der Waals surface area contributed by atoms with E-state index < -0.39 is 9.84 Å². The number of hydrogen-bond acceptors (Lipinski definition) is 4. The van der Waals surface area contributed by atoms with Crippen LogP contribution in [0.5, 0.6) is 0 Å². The number of aryl methyl sites for hydroxylation is 1. The summed E-state index contributed by atoms with van der Waals surface area (Å²) >= 11 is 0. The van der Waals surface area contributed by atoms with Crippen LogP contribution in [0.1, 0.15) is 12.0 Å². The first-order valence-corrected chi connectivity index (χ1v) is 7.70. The molecule has 2 unspecified atom stereocenters. The molecule has 0 aromatic carbocycles. The van der Waals surface area contributed by atoms with Crippen molar-refractivity contribution >= 4 is 9.84 Å². The molecular formula is C11H19N3O2S. The molecule has 17 heavy (non-hydrogen) atoms. The zero-order valence-electron chi connectivity index (χ0n) is 10.0. The molecule has 1 aromatic rings. The number of nitrogens with zero attached hydrogens (tertiary/aromatic N) is 2. The number of hydrogen-bond donors (Lipinski definition) is 1. The minimum absolute atomic E-state index is 0.213. The van der Waals surface area contributed by atoms with Crippen LogP contribution in [0, 0.1) is 11.8 Å². The van der Waals surface area contributed by atoms with E-state index >= 15 is 0 Å². The predicted octanol–water partition coefficient (Wildman–Crippen LogP) is -0.0278. The highest BCUT2D eigenvalue weighted by molar-refractivity contribution is 7.91. The zero-order valence-corrected chi connectivity index (χ0v) is 10.9. The first-order valence-electron chi connectivity index (χ1n) is 5.88. The summed E-state index contributed by atoms with van der Waals surface area (Å²) in [5.41, 5.74) is 6.91. The van der Waals surface area contributed by atoms with E-state index in [4.69, 9.17) is 5.73 Å². The summed E-state index contributed by atoms with van der Waals surface area (Å²) in [5.74, 6) is 1.08. The van der Waals surface area contributed by atoms with E-state index in [1.807, 2.05) is 19.4 Å². The SMILES string of the molecule is Cn1cc(CC(CN)C2CCS(=O)(=O)C2)cn1. The second kappa shape index (κ2) is 4.78. The lowest BCUT2D eigenvalue weighted by molar-refractivity contribution is 0.370. The molecule has 1 fully saturated rings. The summed E-state index contributed by atoms with van der Waals surface area (Å²) < 4.78 is 24.7. The molecule has 0 spiro atoms. The van der Waals surface area contributed by atoms with Gasteiger partial charge in [-0.15, -0.1) is 0 Å².